The van der Waals surface area contributed by atoms with Crippen LogP contribution >= 0.6 is 11.9 Å². The monoisotopic (exact) mass is 315 g/mol. The molecule has 0 bridgehead atoms. The second-order valence-electron chi connectivity index (χ2n) is 5.48. The summed E-state index contributed by atoms with van der Waals surface area (Å²) in [5.41, 5.74) is 8.28. The molecule has 0 radical (unpaired) electrons. The fourth-order valence-corrected chi connectivity index (χ4v) is 3.25. The number of pyridine rings is 1. The predicted octanol–water partition coefficient (Wildman–Crippen LogP) is 4.75. The van der Waals surface area contributed by atoms with Crippen molar-refractivity contribution < 1.29 is 0 Å². The van der Waals surface area contributed by atoms with Crippen LogP contribution in [0.3, 0.4) is 0 Å². The first-order valence-corrected chi connectivity index (χ1v) is 8.74. The van der Waals surface area contributed by atoms with Crippen molar-refractivity contribution in [2.45, 2.75) is 50.5 Å². The van der Waals surface area contributed by atoms with Gasteiger partial charge >= 0.3 is 0 Å². The van der Waals surface area contributed by atoms with Gasteiger partial charge in [-0.3, -0.25) is 4.72 Å². The molecule has 0 aliphatic carbocycles. The summed E-state index contributed by atoms with van der Waals surface area (Å²) >= 11 is 1.65. The molecule has 1 heterocycles. The highest BCUT2D eigenvalue weighted by molar-refractivity contribution is 7.97. The van der Waals surface area contributed by atoms with E-state index in [1.807, 2.05) is 12.1 Å². The van der Waals surface area contributed by atoms with E-state index >= 15 is 0 Å². The Hall–Kier alpha value is -1.52. The van der Waals surface area contributed by atoms with Crippen molar-refractivity contribution >= 4 is 17.8 Å². The Bertz CT molecular complexity index is 569. The number of hydrogen-bond donors (Lipinski definition) is 2. The maximum atomic E-state index is 5.68. The smallest absolute Gasteiger partial charge is 0.123 e. The number of hydrogen-bond acceptors (Lipinski definition) is 4. The number of nitrogens with zero attached hydrogens (tertiary/aromatic N) is 1. The normalized spacial score (nSPS) is 12.3. The Labute approximate surface area is 137 Å². The largest absolute Gasteiger partial charge is 0.384 e. The number of nitrogens with one attached hydrogen (secondary N) is 1. The van der Waals surface area contributed by atoms with E-state index in [-0.39, 0.29) is 0 Å². The lowest BCUT2D eigenvalue weighted by atomic mass is 9.92. The minimum absolute atomic E-state index is 0.565. The maximum absolute atomic E-state index is 5.68. The first-order valence-electron chi connectivity index (χ1n) is 7.93. The van der Waals surface area contributed by atoms with Crippen molar-refractivity contribution in [3.05, 3.63) is 53.7 Å². The second-order valence-corrected chi connectivity index (χ2v) is 6.44. The van der Waals surface area contributed by atoms with Gasteiger partial charge in [0.25, 0.3) is 0 Å². The number of nitrogen functional groups attached to an aromatic ring is 1. The molecule has 1 unspecified atom stereocenters. The maximum Gasteiger partial charge on any atom is 0.123 e. The zero-order valence-electron chi connectivity index (χ0n) is 13.4. The van der Waals surface area contributed by atoms with Gasteiger partial charge in [0.15, 0.2) is 0 Å². The molecule has 0 aliphatic rings. The highest BCUT2D eigenvalue weighted by Crippen LogP contribution is 2.26. The zero-order chi connectivity index (χ0) is 15.8. The standard InChI is InChI=1S/C18H25N3S/c1-3-5-15(4-2)16-6-8-17(9-7-16)22-21-13-14-10-11-20-18(19)12-14/h6-12,15,21H,3-5,13H2,1-2H3,(H2,19,20). The van der Waals surface area contributed by atoms with E-state index in [4.69, 9.17) is 5.73 Å². The molecule has 1 aromatic carbocycles. The molecule has 0 saturated carbocycles. The second kappa shape index (κ2) is 8.81. The van der Waals surface area contributed by atoms with Gasteiger partial charge in [-0.1, -0.05) is 32.4 Å². The van der Waals surface area contributed by atoms with Crippen LogP contribution in [0.15, 0.2) is 47.5 Å². The summed E-state index contributed by atoms with van der Waals surface area (Å²) < 4.78 is 3.37. The van der Waals surface area contributed by atoms with Gasteiger partial charge in [0.05, 0.1) is 0 Å². The summed E-state index contributed by atoms with van der Waals surface area (Å²) in [7, 11) is 0. The number of benzene rings is 1. The summed E-state index contributed by atoms with van der Waals surface area (Å²) in [5.74, 6) is 1.26. The molecule has 0 spiro atoms. The van der Waals surface area contributed by atoms with Crippen molar-refractivity contribution in [3.63, 3.8) is 0 Å². The molecule has 0 amide bonds. The van der Waals surface area contributed by atoms with Crippen LogP contribution in [0, 0.1) is 0 Å². The Morgan fingerprint density at radius 2 is 1.95 bits per heavy atom. The van der Waals surface area contributed by atoms with Gasteiger partial charge < -0.3 is 5.73 Å². The van der Waals surface area contributed by atoms with Gasteiger partial charge in [0.2, 0.25) is 0 Å². The van der Waals surface area contributed by atoms with Crippen LogP contribution < -0.4 is 10.5 Å². The quantitative estimate of drug-likeness (QED) is 0.690. The number of aromatic nitrogens is 1. The molecule has 2 rings (SSSR count). The van der Waals surface area contributed by atoms with Gasteiger partial charge in [-0.05, 0) is 66.1 Å². The molecule has 4 heteroatoms. The molecular formula is C18H25N3S. The Balaban J connectivity index is 1.86. The molecule has 2 aromatic rings. The highest BCUT2D eigenvalue weighted by atomic mass is 32.2. The third-order valence-electron chi connectivity index (χ3n) is 3.79. The van der Waals surface area contributed by atoms with E-state index in [0.717, 1.165) is 12.1 Å². The lowest BCUT2D eigenvalue weighted by molar-refractivity contribution is 0.595. The molecule has 22 heavy (non-hydrogen) atoms. The molecule has 3 nitrogen and oxygen atoms in total. The van der Waals surface area contributed by atoms with E-state index in [1.54, 1.807) is 18.1 Å². The van der Waals surface area contributed by atoms with E-state index in [1.165, 1.54) is 29.7 Å². The zero-order valence-corrected chi connectivity index (χ0v) is 14.2. The van der Waals surface area contributed by atoms with E-state index in [0.29, 0.717) is 11.7 Å². The summed E-state index contributed by atoms with van der Waals surface area (Å²) in [4.78, 5) is 5.23. The SMILES string of the molecule is CCCC(CC)c1ccc(SNCc2ccnc(N)c2)cc1. The van der Waals surface area contributed by atoms with Crippen LogP contribution in [-0.4, -0.2) is 4.98 Å². The van der Waals surface area contributed by atoms with E-state index in [2.05, 4.69) is 47.8 Å². The minimum atomic E-state index is 0.565. The van der Waals surface area contributed by atoms with Crippen LogP contribution in [0.1, 0.15) is 50.2 Å². The fourth-order valence-electron chi connectivity index (χ4n) is 2.57. The average Bonchev–Trinajstić information content (AvgIpc) is 2.53. The molecule has 1 atom stereocenters. The highest BCUT2D eigenvalue weighted by Gasteiger charge is 2.07. The Kier molecular flexibility index (Phi) is 6.74. The van der Waals surface area contributed by atoms with Crippen LogP contribution in [0.4, 0.5) is 5.82 Å². The van der Waals surface area contributed by atoms with Crippen LogP contribution in [0.25, 0.3) is 0 Å². The average molecular weight is 315 g/mol. The van der Waals surface area contributed by atoms with Crippen molar-refractivity contribution in [2.24, 2.45) is 0 Å². The lowest BCUT2D eigenvalue weighted by Gasteiger charge is -2.14. The third-order valence-corrected chi connectivity index (χ3v) is 4.59. The summed E-state index contributed by atoms with van der Waals surface area (Å²) in [5, 5.41) is 0. The van der Waals surface area contributed by atoms with Crippen molar-refractivity contribution in [2.75, 3.05) is 5.73 Å². The van der Waals surface area contributed by atoms with Crippen LogP contribution in [-0.2, 0) is 6.54 Å². The Morgan fingerprint density at radius 1 is 1.18 bits per heavy atom. The number of anilines is 1. The van der Waals surface area contributed by atoms with Crippen LogP contribution in [0.2, 0.25) is 0 Å². The molecule has 0 saturated heterocycles. The minimum Gasteiger partial charge on any atom is -0.384 e. The third kappa shape index (κ3) is 5.04. The van der Waals surface area contributed by atoms with Gasteiger partial charge in [-0.25, -0.2) is 4.98 Å². The molecule has 1 aromatic heterocycles. The van der Waals surface area contributed by atoms with E-state index in [9.17, 15) is 0 Å². The van der Waals surface area contributed by atoms with Gasteiger partial charge in [-0.15, -0.1) is 0 Å². The first kappa shape index (κ1) is 16.8. The molecule has 3 N–H and O–H groups in total. The van der Waals surface area contributed by atoms with Crippen molar-refractivity contribution in [1.82, 2.24) is 9.71 Å². The van der Waals surface area contributed by atoms with E-state index < -0.39 is 0 Å². The van der Waals surface area contributed by atoms with Gasteiger partial charge in [0, 0.05) is 17.6 Å². The summed E-state index contributed by atoms with van der Waals surface area (Å²) in [6.45, 7) is 5.29. The summed E-state index contributed by atoms with van der Waals surface area (Å²) in [6, 6.07) is 12.8. The number of nitrogens with two attached hydrogens (primary N) is 1. The van der Waals surface area contributed by atoms with Crippen molar-refractivity contribution in [3.8, 4) is 0 Å². The molecular weight excluding hydrogens is 290 g/mol. The molecule has 0 aliphatic heterocycles. The molecule has 118 valence electrons. The number of rotatable bonds is 8. The predicted molar refractivity (Wildman–Crippen MR) is 95.7 cm³/mol. The van der Waals surface area contributed by atoms with Gasteiger partial charge in [0.1, 0.15) is 5.82 Å². The van der Waals surface area contributed by atoms with Crippen molar-refractivity contribution in [1.29, 1.82) is 0 Å². The fraction of sp³-hybridized carbons (Fsp3) is 0.389. The summed E-state index contributed by atoms with van der Waals surface area (Å²) in [6.07, 6.45) is 5.46. The van der Waals surface area contributed by atoms with Gasteiger partial charge in [-0.2, -0.15) is 0 Å². The Morgan fingerprint density at radius 3 is 2.59 bits per heavy atom. The first-order chi connectivity index (χ1) is 10.7. The van der Waals surface area contributed by atoms with Crippen LogP contribution in [0.5, 0.6) is 0 Å². The topological polar surface area (TPSA) is 50.9 Å². The molecule has 0 fully saturated rings. The lowest BCUT2D eigenvalue weighted by Crippen LogP contribution is -2.04.